The van der Waals surface area contributed by atoms with Gasteiger partial charge in [0, 0.05) is 38.7 Å². The molecule has 0 unspecified atom stereocenters. The van der Waals surface area contributed by atoms with Gasteiger partial charge in [0.05, 0.1) is 29.0 Å². The Labute approximate surface area is 156 Å². The molecule has 144 valence electrons. The van der Waals surface area contributed by atoms with E-state index in [2.05, 4.69) is 25.4 Å². The van der Waals surface area contributed by atoms with Crippen LogP contribution in [0.1, 0.15) is 34.8 Å². The van der Waals surface area contributed by atoms with Gasteiger partial charge in [0.1, 0.15) is 12.0 Å². The van der Waals surface area contributed by atoms with E-state index in [9.17, 15) is 14.9 Å². The average Bonchev–Trinajstić information content (AvgIpc) is 3.18. The third-order valence-electron chi connectivity index (χ3n) is 4.60. The van der Waals surface area contributed by atoms with Gasteiger partial charge in [0.15, 0.2) is 0 Å². The molecule has 2 N–H and O–H groups in total. The summed E-state index contributed by atoms with van der Waals surface area (Å²) in [5.74, 6) is 0.610. The molecule has 0 aliphatic carbocycles. The Morgan fingerprint density at radius 3 is 3.04 bits per heavy atom. The van der Waals surface area contributed by atoms with Gasteiger partial charge in [0.25, 0.3) is 11.6 Å². The largest absolute Gasteiger partial charge is 0.383 e. The predicted octanol–water partition coefficient (Wildman–Crippen LogP) is 1.47. The maximum Gasteiger partial charge on any atom is 0.287 e. The van der Waals surface area contributed by atoms with Crippen LogP contribution >= 0.6 is 0 Å². The molecule has 0 aromatic carbocycles. The van der Waals surface area contributed by atoms with Crippen molar-refractivity contribution < 1.29 is 14.5 Å². The maximum atomic E-state index is 12.4. The summed E-state index contributed by atoms with van der Waals surface area (Å²) in [5.41, 5.74) is 1.31. The topological polar surface area (TPSA) is 126 Å². The number of rotatable bonds is 7. The molecule has 2 aromatic heterocycles. The van der Waals surface area contributed by atoms with Gasteiger partial charge in [-0.25, -0.2) is 4.98 Å². The highest BCUT2D eigenvalue weighted by Gasteiger charge is 2.27. The number of aromatic amines is 1. The fraction of sp³-hybridized carbons (Fsp3) is 0.471. The summed E-state index contributed by atoms with van der Waals surface area (Å²) in [6.07, 6.45) is 4.65. The summed E-state index contributed by atoms with van der Waals surface area (Å²) in [4.78, 5) is 29.0. The second-order valence-corrected chi connectivity index (χ2v) is 6.36. The third kappa shape index (κ3) is 4.40. The number of carbonyl (C=O) groups is 1. The van der Waals surface area contributed by atoms with Crippen LogP contribution in [-0.2, 0) is 4.74 Å². The fourth-order valence-corrected chi connectivity index (χ4v) is 3.24. The minimum Gasteiger partial charge on any atom is -0.383 e. The van der Waals surface area contributed by atoms with Gasteiger partial charge in [0.2, 0.25) is 0 Å². The van der Waals surface area contributed by atoms with E-state index in [4.69, 9.17) is 4.74 Å². The van der Waals surface area contributed by atoms with Gasteiger partial charge in [-0.15, -0.1) is 0 Å². The van der Waals surface area contributed by atoms with Crippen LogP contribution in [0, 0.1) is 10.1 Å². The van der Waals surface area contributed by atoms with Crippen LogP contribution in [0.2, 0.25) is 0 Å². The van der Waals surface area contributed by atoms with Gasteiger partial charge in [-0.05, 0) is 18.9 Å². The molecule has 0 bridgehead atoms. The minimum absolute atomic E-state index is 0.0316. The van der Waals surface area contributed by atoms with E-state index in [0.29, 0.717) is 31.1 Å². The zero-order valence-corrected chi connectivity index (χ0v) is 15.1. The van der Waals surface area contributed by atoms with Crippen LogP contribution in [0.3, 0.4) is 0 Å². The summed E-state index contributed by atoms with van der Waals surface area (Å²) in [7, 11) is 1.58. The Bertz CT molecular complexity index is 791. The lowest BCUT2D eigenvalue weighted by atomic mass is 9.92. The number of nitro groups is 1. The number of carbonyl (C=O) groups excluding carboxylic acids is 1. The fourth-order valence-electron chi connectivity index (χ4n) is 3.24. The molecule has 0 spiro atoms. The molecular weight excluding hydrogens is 352 g/mol. The molecule has 0 saturated carbocycles. The number of hydrogen-bond acceptors (Lipinski definition) is 7. The number of H-pyrrole nitrogens is 1. The van der Waals surface area contributed by atoms with Crippen molar-refractivity contribution in [2.75, 3.05) is 38.3 Å². The Morgan fingerprint density at radius 1 is 1.48 bits per heavy atom. The minimum atomic E-state index is -0.463. The smallest absolute Gasteiger partial charge is 0.287 e. The highest BCUT2D eigenvalue weighted by molar-refractivity contribution is 5.95. The summed E-state index contributed by atoms with van der Waals surface area (Å²) in [6, 6.07) is 3.11. The molecule has 2 aromatic rings. The Kier molecular flexibility index (Phi) is 5.97. The first-order valence-electron chi connectivity index (χ1n) is 8.76. The Balaban J connectivity index is 1.70. The van der Waals surface area contributed by atoms with Crippen LogP contribution in [0.15, 0.2) is 24.5 Å². The standard InChI is InChI=1S/C17H22N6O4/c1-27-8-6-18-17(24)14-10-20-21-16(14)12-3-2-7-22(11-12)15-5-4-13(9-19-15)23(25)26/h4-5,9-10,12H,2-3,6-8,11H2,1H3,(H,18,24)(H,20,21)/t12-/m1/s1. The summed E-state index contributed by atoms with van der Waals surface area (Å²) >= 11 is 0. The van der Waals surface area contributed by atoms with Crippen LogP contribution in [-0.4, -0.2) is 59.4 Å². The van der Waals surface area contributed by atoms with Crippen molar-refractivity contribution in [3.63, 3.8) is 0 Å². The second kappa shape index (κ2) is 8.58. The van der Waals surface area contributed by atoms with Gasteiger partial charge in [-0.3, -0.25) is 20.0 Å². The molecule has 27 heavy (non-hydrogen) atoms. The summed E-state index contributed by atoms with van der Waals surface area (Å²) < 4.78 is 4.95. The van der Waals surface area contributed by atoms with Crippen LogP contribution in [0.5, 0.6) is 0 Å². The molecule has 3 heterocycles. The Morgan fingerprint density at radius 2 is 2.33 bits per heavy atom. The van der Waals surface area contributed by atoms with Crippen molar-refractivity contribution in [1.29, 1.82) is 0 Å². The zero-order valence-electron chi connectivity index (χ0n) is 15.1. The maximum absolute atomic E-state index is 12.4. The highest BCUT2D eigenvalue weighted by Crippen LogP contribution is 2.30. The van der Waals surface area contributed by atoms with E-state index in [0.717, 1.165) is 25.1 Å². The summed E-state index contributed by atoms with van der Waals surface area (Å²) in [6.45, 7) is 2.35. The number of hydrogen-bond donors (Lipinski definition) is 2. The first-order valence-corrected chi connectivity index (χ1v) is 8.76. The lowest BCUT2D eigenvalue weighted by Crippen LogP contribution is -2.36. The van der Waals surface area contributed by atoms with E-state index in [1.54, 1.807) is 19.4 Å². The van der Waals surface area contributed by atoms with E-state index < -0.39 is 4.92 Å². The van der Waals surface area contributed by atoms with Crippen molar-refractivity contribution in [1.82, 2.24) is 20.5 Å². The van der Waals surface area contributed by atoms with Gasteiger partial charge < -0.3 is 15.0 Å². The molecule has 1 saturated heterocycles. The van der Waals surface area contributed by atoms with Crippen molar-refractivity contribution in [2.24, 2.45) is 0 Å². The first-order chi connectivity index (χ1) is 13.1. The number of aromatic nitrogens is 3. The quantitative estimate of drug-likeness (QED) is 0.427. The second-order valence-electron chi connectivity index (χ2n) is 6.36. The van der Waals surface area contributed by atoms with E-state index >= 15 is 0 Å². The van der Waals surface area contributed by atoms with Crippen molar-refractivity contribution in [2.45, 2.75) is 18.8 Å². The molecule has 1 atom stereocenters. The molecule has 1 aliphatic heterocycles. The Hall–Kier alpha value is -3.01. The number of nitrogens with zero attached hydrogens (tertiary/aromatic N) is 4. The van der Waals surface area contributed by atoms with Crippen LogP contribution in [0.4, 0.5) is 11.5 Å². The summed E-state index contributed by atoms with van der Waals surface area (Å²) in [5, 5.41) is 20.6. The lowest BCUT2D eigenvalue weighted by molar-refractivity contribution is -0.385. The monoisotopic (exact) mass is 374 g/mol. The predicted molar refractivity (Wildman–Crippen MR) is 97.9 cm³/mol. The number of methoxy groups -OCH3 is 1. The first kappa shape index (κ1) is 18.8. The molecule has 0 radical (unpaired) electrons. The molecule has 1 aliphatic rings. The van der Waals surface area contributed by atoms with Crippen molar-refractivity contribution in [3.8, 4) is 0 Å². The number of amides is 1. The van der Waals surface area contributed by atoms with Crippen molar-refractivity contribution >= 4 is 17.4 Å². The van der Waals surface area contributed by atoms with Gasteiger partial charge in [-0.1, -0.05) is 0 Å². The normalized spacial score (nSPS) is 16.9. The number of pyridine rings is 1. The van der Waals surface area contributed by atoms with E-state index in [-0.39, 0.29) is 17.5 Å². The molecular formula is C17H22N6O4. The van der Waals surface area contributed by atoms with Crippen LogP contribution < -0.4 is 10.2 Å². The van der Waals surface area contributed by atoms with Crippen LogP contribution in [0.25, 0.3) is 0 Å². The molecule has 10 nitrogen and oxygen atoms in total. The van der Waals surface area contributed by atoms with Gasteiger partial charge >= 0.3 is 0 Å². The number of piperidine rings is 1. The zero-order chi connectivity index (χ0) is 19.2. The number of ether oxygens (including phenoxy) is 1. The van der Waals surface area contributed by atoms with E-state index in [1.807, 2.05) is 0 Å². The number of anilines is 1. The number of nitrogens with one attached hydrogen (secondary N) is 2. The SMILES string of the molecule is COCCNC(=O)c1cn[nH]c1[C@@H]1CCCN(c2ccc([N+](=O)[O-])cn2)C1. The van der Waals surface area contributed by atoms with Gasteiger partial charge in [-0.2, -0.15) is 5.10 Å². The highest BCUT2D eigenvalue weighted by atomic mass is 16.6. The van der Waals surface area contributed by atoms with Crippen molar-refractivity contribution in [3.05, 3.63) is 45.9 Å². The molecule has 1 amide bonds. The molecule has 10 heteroatoms. The van der Waals surface area contributed by atoms with E-state index in [1.165, 1.54) is 12.3 Å². The molecule has 3 rings (SSSR count). The molecule has 1 fully saturated rings. The third-order valence-corrected chi connectivity index (χ3v) is 4.60. The lowest BCUT2D eigenvalue weighted by Gasteiger charge is -2.33. The average molecular weight is 374 g/mol.